The molecular weight excluding hydrogens is 390 g/mol. The minimum Gasteiger partial charge on any atom is -0.490 e. The minimum atomic E-state index is -3.10. The Labute approximate surface area is 171 Å². The minimum absolute atomic E-state index is 0.00431. The summed E-state index contributed by atoms with van der Waals surface area (Å²) in [4.78, 5) is 15.0. The van der Waals surface area contributed by atoms with Gasteiger partial charge in [0.2, 0.25) is 0 Å². The molecule has 154 valence electrons. The molecule has 0 unspecified atom stereocenters. The average molecular weight is 416 g/mol. The topological polar surface area (TPSA) is 72.9 Å². The third kappa shape index (κ3) is 4.56. The van der Waals surface area contributed by atoms with Crippen LogP contribution in [0.2, 0.25) is 0 Å². The van der Waals surface area contributed by atoms with Crippen LogP contribution in [0.15, 0.2) is 42.5 Å². The zero-order chi connectivity index (χ0) is 20.4. The van der Waals surface area contributed by atoms with E-state index < -0.39 is 9.84 Å². The Morgan fingerprint density at radius 2 is 1.76 bits per heavy atom. The number of ether oxygens (including phenoxy) is 2. The number of nitrogens with zero attached hydrogens (tertiary/aromatic N) is 1. The number of rotatable bonds is 4. The van der Waals surface area contributed by atoms with Crippen LogP contribution in [0.5, 0.6) is 11.5 Å². The quantitative estimate of drug-likeness (QED) is 0.766. The van der Waals surface area contributed by atoms with E-state index >= 15 is 0 Å². The summed E-state index contributed by atoms with van der Waals surface area (Å²) in [6.07, 6.45) is 3.90. The van der Waals surface area contributed by atoms with Crippen LogP contribution in [0.4, 0.5) is 0 Å². The molecule has 1 atom stereocenters. The molecule has 2 heterocycles. The maximum absolute atomic E-state index is 13.1. The lowest BCUT2D eigenvalue weighted by Gasteiger charge is -2.26. The number of hydrogen-bond donors (Lipinski definition) is 0. The third-order valence-electron chi connectivity index (χ3n) is 5.30. The number of hydrogen-bond acceptors (Lipinski definition) is 5. The van der Waals surface area contributed by atoms with Gasteiger partial charge in [0.15, 0.2) is 21.3 Å². The van der Waals surface area contributed by atoms with Crippen molar-refractivity contribution in [2.45, 2.75) is 31.1 Å². The second-order valence-corrected chi connectivity index (χ2v) is 9.82. The summed E-state index contributed by atoms with van der Waals surface area (Å²) >= 11 is 0. The smallest absolute Gasteiger partial charge is 0.254 e. The summed E-state index contributed by atoms with van der Waals surface area (Å²) in [7, 11) is -3.10. The number of amides is 1. The van der Waals surface area contributed by atoms with Crippen molar-refractivity contribution in [1.82, 2.24) is 4.90 Å². The van der Waals surface area contributed by atoms with Gasteiger partial charge in [-0.3, -0.25) is 4.79 Å². The highest BCUT2D eigenvalue weighted by molar-refractivity contribution is 7.89. The third-order valence-corrected chi connectivity index (χ3v) is 6.16. The van der Waals surface area contributed by atoms with Crippen LogP contribution in [0, 0.1) is 0 Å². The molecular formula is C22H25NO5S. The number of carbonyl (C=O) groups is 1. The van der Waals surface area contributed by atoms with E-state index in [4.69, 9.17) is 9.47 Å². The summed E-state index contributed by atoms with van der Waals surface area (Å²) in [5.74, 6) is 1.43. The van der Waals surface area contributed by atoms with E-state index in [1.807, 2.05) is 23.1 Å². The molecule has 2 aliphatic rings. The van der Waals surface area contributed by atoms with Crippen LogP contribution in [0.3, 0.4) is 0 Å². The average Bonchev–Trinajstić information content (AvgIpc) is 3.05. The van der Waals surface area contributed by atoms with Gasteiger partial charge in [0.1, 0.15) is 0 Å². The Morgan fingerprint density at radius 3 is 2.48 bits per heavy atom. The Bertz CT molecular complexity index is 1000. The van der Waals surface area contributed by atoms with Gasteiger partial charge in [0, 0.05) is 24.8 Å². The van der Waals surface area contributed by atoms with Crippen molar-refractivity contribution in [1.29, 1.82) is 0 Å². The first-order chi connectivity index (χ1) is 13.9. The molecule has 0 bridgehead atoms. The van der Waals surface area contributed by atoms with Crippen LogP contribution in [-0.4, -0.2) is 45.2 Å². The van der Waals surface area contributed by atoms with Crippen molar-refractivity contribution in [3.05, 3.63) is 59.2 Å². The van der Waals surface area contributed by atoms with Gasteiger partial charge >= 0.3 is 0 Å². The predicted octanol–water partition coefficient (Wildman–Crippen LogP) is 3.37. The molecule has 0 spiro atoms. The second-order valence-electron chi connectivity index (χ2n) is 7.68. The van der Waals surface area contributed by atoms with Crippen LogP contribution < -0.4 is 9.47 Å². The lowest BCUT2D eigenvalue weighted by Crippen LogP contribution is -2.30. The Kier molecular flexibility index (Phi) is 5.50. The van der Waals surface area contributed by atoms with Gasteiger partial charge in [-0.05, 0) is 48.2 Å². The van der Waals surface area contributed by atoms with Crippen LogP contribution in [0.1, 0.15) is 46.8 Å². The van der Waals surface area contributed by atoms with E-state index in [9.17, 15) is 13.2 Å². The molecule has 1 fully saturated rings. The fourth-order valence-corrected chi connectivity index (χ4v) is 4.75. The molecule has 0 aliphatic carbocycles. The fraction of sp³-hybridized carbons (Fsp3) is 0.409. The fourth-order valence-electron chi connectivity index (χ4n) is 3.96. The van der Waals surface area contributed by atoms with E-state index in [0.29, 0.717) is 30.9 Å². The molecule has 7 heteroatoms. The van der Waals surface area contributed by atoms with Gasteiger partial charge in [-0.25, -0.2) is 8.42 Å². The molecule has 1 amide bonds. The molecule has 0 radical (unpaired) electrons. The number of fused-ring (bicyclic) bond motifs is 1. The van der Waals surface area contributed by atoms with Gasteiger partial charge in [0.25, 0.3) is 5.91 Å². The van der Waals surface area contributed by atoms with Gasteiger partial charge in [-0.1, -0.05) is 18.2 Å². The Hall–Kier alpha value is -2.54. The summed E-state index contributed by atoms with van der Waals surface area (Å²) in [6, 6.07) is 12.8. The largest absolute Gasteiger partial charge is 0.490 e. The molecule has 2 aromatic carbocycles. The van der Waals surface area contributed by atoms with Crippen LogP contribution in [-0.2, 0) is 15.6 Å². The highest BCUT2D eigenvalue weighted by Gasteiger charge is 2.31. The van der Waals surface area contributed by atoms with E-state index in [1.165, 1.54) is 6.26 Å². The molecule has 4 rings (SSSR count). The summed E-state index contributed by atoms with van der Waals surface area (Å²) < 4.78 is 34.4. The highest BCUT2D eigenvalue weighted by Crippen LogP contribution is 2.38. The Balaban J connectivity index is 1.54. The first-order valence-corrected chi connectivity index (χ1v) is 11.9. The maximum Gasteiger partial charge on any atom is 0.254 e. The molecule has 6 nitrogen and oxygen atoms in total. The standard InChI is InChI=1S/C22H25NO5S/c1-29(25,26)15-16-5-7-17(8-6-16)22(24)23-11-2-4-19(23)18-9-10-20-21(14-18)28-13-3-12-27-20/h5-10,14,19H,2-4,11-13,15H2,1H3/t19-/m1/s1. The maximum atomic E-state index is 13.1. The summed E-state index contributed by atoms with van der Waals surface area (Å²) in [5, 5.41) is 0. The second kappa shape index (κ2) is 8.06. The van der Waals surface area contributed by atoms with E-state index in [-0.39, 0.29) is 17.7 Å². The van der Waals surface area contributed by atoms with Crippen LogP contribution >= 0.6 is 0 Å². The van der Waals surface area contributed by atoms with Crippen LogP contribution in [0.25, 0.3) is 0 Å². The SMILES string of the molecule is CS(=O)(=O)Cc1ccc(C(=O)N2CCC[C@@H]2c2ccc3c(c2)OCCCO3)cc1. The van der Waals surface area contributed by atoms with Crippen molar-refractivity contribution in [3.63, 3.8) is 0 Å². The van der Waals surface area contributed by atoms with Gasteiger partial charge < -0.3 is 14.4 Å². The highest BCUT2D eigenvalue weighted by atomic mass is 32.2. The number of carbonyl (C=O) groups excluding carboxylic acids is 1. The molecule has 2 aromatic rings. The summed E-state index contributed by atoms with van der Waals surface area (Å²) in [5.41, 5.74) is 2.31. The first-order valence-electron chi connectivity index (χ1n) is 9.88. The molecule has 29 heavy (non-hydrogen) atoms. The number of sulfone groups is 1. The van der Waals surface area contributed by atoms with Gasteiger partial charge in [0.05, 0.1) is 25.0 Å². The number of likely N-dealkylation sites (tertiary alicyclic amines) is 1. The molecule has 2 aliphatic heterocycles. The number of benzene rings is 2. The molecule has 0 N–H and O–H groups in total. The first kappa shape index (κ1) is 19.8. The monoisotopic (exact) mass is 415 g/mol. The lowest BCUT2D eigenvalue weighted by molar-refractivity contribution is 0.0735. The van der Waals surface area contributed by atoms with Crippen molar-refractivity contribution in [2.75, 3.05) is 26.0 Å². The lowest BCUT2D eigenvalue weighted by atomic mass is 10.0. The predicted molar refractivity (Wildman–Crippen MR) is 110 cm³/mol. The molecule has 0 aromatic heterocycles. The molecule has 0 saturated carbocycles. The zero-order valence-electron chi connectivity index (χ0n) is 16.5. The van der Waals surface area contributed by atoms with Crippen molar-refractivity contribution >= 4 is 15.7 Å². The molecule has 1 saturated heterocycles. The van der Waals surface area contributed by atoms with Crippen molar-refractivity contribution < 1.29 is 22.7 Å². The van der Waals surface area contributed by atoms with Crippen molar-refractivity contribution in [2.24, 2.45) is 0 Å². The van der Waals surface area contributed by atoms with E-state index in [0.717, 1.165) is 36.3 Å². The van der Waals surface area contributed by atoms with Gasteiger partial charge in [-0.15, -0.1) is 0 Å². The van der Waals surface area contributed by atoms with E-state index in [1.54, 1.807) is 24.3 Å². The zero-order valence-corrected chi connectivity index (χ0v) is 17.3. The van der Waals surface area contributed by atoms with Crippen molar-refractivity contribution in [3.8, 4) is 11.5 Å². The normalized spacial score (nSPS) is 19.1. The summed E-state index contributed by atoms with van der Waals surface area (Å²) in [6.45, 7) is 1.97. The van der Waals surface area contributed by atoms with Gasteiger partial charge in [-0.2, -0.15) is 0 Å². The van der Waals surface area contributed by atoms with E-state index in [2.05, 4.69) is 0 Å². The Morgan fingerprint density at radius 1 is 1.03 bits per heavy atom.